The largest absolute Gasteiger partial charge is 0.369 e. The van der Waals surface area contributed by atoms with Gasteiger partial charge < -0.3 is 15.4 Å². The number of primary amides is 1. The molecule has 2 N–H and O–H groups in total. The van der Waals surface area contributed by atoms with Crippen LogP contribution in [0, 0.1) is 0 Å². The van der Waals surface area contributed by atoms with Crippen LogP contribution in [0.25, 0.3) is 16.7 Å². The van der Waals surface area contributed by atoms with Gasteiger partial charge in [-0.2, -0.15) is 17.6 Å². The maximum Gasteiger partial charge on any atom is 0.345 e. The molecule has 0 aliphatic carbocycles. The molecule has 170 valence electrons. The first kappa shape index (κ1) is 21.9. The number of nitrogens with zero attached hydrogens (tertiary/aromatic N) is 6. The number of hydrogen-bond acceptors (Lipinski definition) is 7. The Labute approximate surface area is 179 Å². The Balaban J connectivity index is 1.80. The Hall–Kier alpha value is -3.35. The van der Waals surface area contributed by atoms with Gasteiger partial charge in [-0.1, -0.05) is 0 Å². The summed E-state index contributed by atoms with van der Waals surface area (Å²) < 4.78 is 58.7. The summed E-state index contributed by atoms with van der Waals surface area (Å²) in [5, 5.41) is 5.03. The molecule has 4 heterocycles. The molecule has 0 aromatic carbocycles. The molecule has 1 atom stereocenters. The van der Waals surface area contributed by atoms with Crippen molar-refractivity contribution in [1.82, 2.24) is 24.7 Å². The van der Waals surface area contributed by atoms with Crippen molar-refractivity contribution in [3.63, 3.8) is 0 Å². The van der Waals surface area contributed by atoms with Crippen LogP contribution in [0.4, 0.5) is 23.4 Å². The number of ether oxygens (including phenoxy) is 1. The van der Waals surface area contributed by atoms with Crippen molar-refractivity contribution in [3.05, 3.63) is 36.0 Å². The quantitative estimate of drug-likeness (QED) is 0.546. The molecular formula is C19H19F4N7O2. The van der Waals surface area contributed by atoms with Crippen molar-refractivity contribution in [2.24, 2.45) is 5.73 Å². The van der Waals surface area contributed by atoms with E-state index in [0.717, 1.165) is 0 Å². The maximum atomic E-state index is 13.8. The lowest BCUT2D eigenvalue weighted by Crippen LogP contribution is -2.24. The van der Waals surface area contributed by atoms with Crippen molar-refractivity contribution < 1.29 is 27.1 Å². The summed E-state index contributed by atoms with van der Waals surface area (Å²) in [6.45, 7) is -1.64. The topological polar surface area (TPSA) is 112 Å². The summed E-state index contributed by atoms with van der Waals surface area (Å²) in [4.78, 5) is 24.9. The minimum absolute atomic E-state index is 0.0728. The van der Waals surface area contributed by atoms with Gasteiger partial charge in [0.25, 0.3) is 0 Å². The van der Waals surface area contributed by atoms with Crippen LogP contribution in [0.5, 0.6) is 0 Å². The number of carbonyl (C=O) groups is 1. The van der Waals surface area contributed by atoms with Gasteiger partial charge in [-0.3, -0.25) is 9.78 Å². The second-order valence-electron chi connectivity index (χ2n) is 7.45. The van der Waals surface area contributed by atoms with Crippen LogP contribution in [0.15, 0.2) is 24.5 Å². The first-order chi connectivity index (χ1) is 15.1. The van der Waals surface area contributed by atoms with Gasteiger partial charge >= 0.3 is 12.5 Å². The zero-order chi connectivity index (χ0) is 23.0. The summed E-state index contributed by atoms with van der Waals surface area (Å²) in [5.41, 5.74) is 6.05. The van der Waals surface area contributed by atoms with E-state index in [4.69, 9.17) is 5.73 Å². The minimum Gasteiger partial charge on any atom is -0.369 e. The average molecular weight is 453 g/mol. The summed E-state index contributed by atoms with van der Waals surface area (Å²) in [6, 6.07) is 2.97. The third-order valence-corrected chi connectivity index (χ3v) is 4.95. The highest BCUT2D eigenvalue weighted by molar-refractivity contribution is 5.92. The molecule has 0 saturated carbocycles. The zero-order valence-electron chi connectivity index (χ0n) is 16.9. The molecule has 0 bridgehead atoms. The van der Waals surface area contributed by atoms with Crippen molar-refractivity contribution in [2.75, 3.05) is 18.0 Å². The van der Waals surface area contributed by atoms with Crippen LogP contribution in [0.3, 0.4) is 0 Å². The highest BCUT2D eigenvalue weighted by atomic mass is 19.3. The lowest BCUT2D eigenvalue weighted by molar-refractivity contribution is -0.156. The van der Waals surface area contributed by atoms with Gasteiger partial charge in [0, 0.05) is 38.5 Å². The van der Waals surface area contributed by atoms with Crippen LogP contribution >= 0.6 is 0 Å². The van der Waals surface area contributed by atoms with E-state index < -0.39 is 30.4 Å². The Morgan fingerprint density at radius 3 is 2.84 bits per heavy atom. The van der Waals surface area contributed by atoms with Gasteiger partial charge in [-0.25, -0.2) is 14.6 Å². The van der Waals surface area contributed by atoms with Gasteiger partial charge in [0.2, 0.25) is 11.7 Å². The zero-order valence-corrected chi connectivity index (χ0v) is 16.9. The number of hydrogen-bond donors (Lipinski definition) is 1. The van der Waals surface area contributed by atoms with Crippen molar-refractivity contribution in [3.8, 4) is 5.82 Å². The molecule has 3 aromatic heterocycles. The molecule has 4 rings (SSSR count). The number of rotatable bonds is 7. The van der Waals surface area contributed by atoms with E-state index in [1.807, 2.05) is 0 Å². The molecule has 1 fully saturated rings. The van der Waals surface area contributed by atoms with E-state index in [0.29, 0.717) is 42.3 Å². The first-order valence-corrected chi connectivity index (χ1v) is 9.68. The van der Waals surface area contributed by atoms with Gasteiger partial charge in [0.1, 0.15) is 0 Å². The van der Waals surface area contributed by atoms with E-state index in [1.54, 1.807) is 11.0 Å². The Kier molecular flexibility index (Phi) is 5.67. The molecule has 32 heavy (non-hydrogen) atoms. The molecule has 1 aliphatic rings. The van der Waals surface area contributed by atoms with Gasteiger partial charge in [0.15, 0.2) is 11.6 Å². The van der Waals surface area contributed by atoms with E-state index in [2.05, 4.69) is 24.8 Å². The highest BCUT2D eigenvalue weighted by Crippen LogP contribution is 2.32. The number of halogens is 4. The number of amides is 1. The fourth-order valence-electron chi connectivity index (χ4n) is 3.58. The number of carbonyl (C=O) groups excluding carboxylic acids is 1. The van der Waals surface area contributed by atoms with Crippen LogP contribution in [0.1, 0.15) is 24.9 Å². The molecule has 1 unspecified atom stereocenters. The molecule has 1 aliphatic heterocycles. The van der Waals surface area contributed by atoms with Crippen LogP contribution in [-0.2, 0) is 21.9 Å². The van der Waals surface area contributed by atoms with Crippen molar-refractivity contribution >= 4 is 22.6 Å². The summed E-state index contributed by atoms with van der Waals surface area (Å²) in [5.74, 6) is -4.07. The fraction of sp³-hybridized carbons (Fsp3) is 0.421. The van der Waals surface area contributed by atoms with Gasteiger partial charge in [-0.15, -0.1) is 5.10 Å². The van der Waals surface area contributed by atoms with E-state index in [-0.39, 0.29) is 18.8 Å². The molecule has 0 spiro atoms. The normalized spacial score (nSPS) is 16.9. The number of pyridine rings is 1. The lowest BCUT2D eigenvalue weighted by Gasteiger charge is -2.16. The van der Waals surface area contributed by atoms with Crippen LogP contribution in [-0.4, -0.2) is 56.4 Å². The molecular weight excluding hydrogens is 434 g/mol. The Bertz CT molecular complexity index is 1150. The number of alkyl halides is 4. The first-order valence-electron chi connectivity index (χ1n) is 9.68. The highest BCUT2D eigenvalue weighted by Gasteiger charge is 2.31. The van der Waals surface area contributed by atoms with Crippen LogP contribution in [0.2, 0.25) is 0 Å². The second kappa shape index (κ2) is 8.30. The van der Waals surface area contributed by atoms with E-state index in [9.17, 15) is 22.4 Å². The maximum absolute atomic E-state index is 13.8. The van der Waals surface area contributed by atoms with E-state index in [1.165, 1.54) is 23.1 Å². The molecule has 0 radical (unpaired) electrons. The van der Waals surface area contributed by atoms with Gasteiger partial charge in [-0.05, 0) is 12.5 Å². The Morgan fingerprint density at radius 2 is 2.16 bits per heavy atom. The second-order valence-corrected chi connectivity index (χ2v) is 7.45. The lowest BCUT2D eigenvalue weighted by atomic mass is 10.2. The number of anilines is 1. The predicted molar refractivity (Wildman–Crippen MR) is 105 cm³/mol. The monoisotopic (exact) mass is 453 g/mol. The standard InChI is InChI=1S/C19H19F4N7O2/c1-19(22,23)17-25-4-2-15(27-17)30-13-6-10(7-14(24)31)26-8-12(13)16(28-30)29-5-3-11(9-29)32-18(20)21/h2,4,6,8,11,18H,3,5,7,9H2,1H3,(H2,24,31). The van der Waals surface area contributed by atoms with Crippen molar-refractivity contribution in [1.29, 1.82) is 0 Å². The van der Waals surface area contributed by atoms with Crippen LogP contribution < -0.4 is 10.6 Å². The third-order valence-electron chi connectivity index (χ3n) is 4.95. The SMILES string of the molecule is CC(F)(F)c1nccc(-n2nc(N3CCC(OC(F)F)C3)c3cnc(CC(N)=O)cc32)n1. The van der Waals surface area contributed by atoms with Gasteiger partial charge in [0.05, 0.1) is 29.1 Å². The summed E-state index contributed by atoms with van der Waals surface area (Å²) in [7, 11) is 0. The third kappa shape index (κ3) is 4.47. The number of nitrogens with two attached hydrogens (primary N) is 1. The van der Waals surface area contributed by atoms with E-state index >= 15 is 0 Å². The molecule has 3 aromatic rings. The Morgan fingerprint density at radius 1 is 1.38 bits per heavy atom. The summed E-state index contributed by atoms with van der Waals surface area (Å²) in [6.07, 6.45) is 2.22. The van der Waals surface area contributed by atoms with Crippen molar-refractivity contribution in [2.45, 2.75) is 38.4 Å². The molecule has 1 amide bonds. The number of aromatic nitrogens is 5. The summed E-state index contributed by atoms with van der Waals surface area (Å²) >= 11 is 0. The minimum atomic E-state index is -3.27. The predicted octanol–water partition coefficient (Wildman–Crippen LogP) is 2.17. The molecule has 13 heteroatoms. The smallest absolute Gasteiger partial charge is 0.345 e. The number of fused-ring (bicyclic) bond motifs is 1. The molecule has 9 nitrogen and oxygen atoms in total. The fourth-order valence-corrected chi connectivity index (χ4v) is 3.58. The average Bonchev–Trinajstić information content (AvgIpc) is 3.30. The molecule has 1 saturated heterocycles.